The molecule has 0 aliphatic heterocycles. The number of aromatic nitrogens is 7. The van der Waals surface area contributed by atoms with Crippen molar-refractivity contribution in [1.82, 2.24) is 35.3 Å². The van der Waals surface area contributed by atoms with Crippen molar-refractivity contribution in [1.29, 1.82) is 0 Å². The van der Waals surface area contributed by atoms with E-state index in [1.54, 1.807) is 18.6 Å². The van der Waals surface area contributed by atoms with Gasteiger partial charge in [0.1, 0.15) is 23.2 Å². The molecule has 0 radical (unpaired) electrons. The first-order valence-electron chi connectivity index (χ1n) is 4.24. The summed E-state index contributed by atoms with van der Waals surface area (Å²) in [6.45, 7) is 0. The van der Waals surface area contributed by atoms with Crippen LogP contribution in [0.1, 0.15) is 0 Å². The fourth-order valence-corrected chi connectivity index (χ4v) is 1.30. The van der Waals surface area contributed by atoms with Crippen molar-refractivity contribution in [3.05, 3.63) is 24.9 Å². The largest absolute Gasteiger partial charge is 0.265 e. The number of nitrogens with one attached hydrogen (secondary N) is 1. The van der Waals surface area contributed by atoms with Gasteiger partial charge in [-0.15, -0.1) is 5.10 Å². The second-order valence-electron chi connectivity index (χ2n) is 2.81. The molecule has 0 bridgehead atoms. The second-order valence-corrected chi connectivity index (χ2v) is 2.81. The minimum atomic E-state index is 0.547. The number of nitrogens with zero attached hydrogens (tertiary/aromatic N) is 6. The average molecular weight is 199 g/mol. The Hall–Kier alpha value is -2.44. The summed E-state index contributed by atoms with van der Waals surface area (Å²) in [4.78, 5) is 16.4. The first-order chi connectivity index (χ1) is 7.45. The zero-order valence-corrected chi connectivity index (χ0v) is 7.49. The average Bonchev–Trinajstić information content (AvgIpc) is 2.82. The first kappa shape index (κ1) is 7.92. The summed E-state index contributed by atoms with van der Waals surface area (Å²) >= 11 is 0. The molecule has 7 nitrogen and oxygen atoms in total. The van der Waals surface area contributed by atoms with Gasteiger partial charge in [-0.25, -0.2) is 19.9 Å². The van der Waals surface area contributed by atoms with Crippen LogP contribution in [-0.2, 0) is 0 Å². The number of fused-ring (bicyclic) bond motifs is 1. The Kier molecular flexibility index (Phi) is 1.61. The van der Waals surface area contributed by atoms with Crippen LogP contribution in [0.25, 0.3) is 22.6 Å². The molecular formula is C8H5N7. The van der Waals surface area contributed by atoms with Gasteiger partial charge in [0, 0.05) is 12.4 Å². The maximum absolute atomic E-state index is 4.17. The number of rotatable bonds is 1. The van der Waals surface area contributed by atoms with E-state index in [1.807, 2.05) is 0 Å². The molecule has 3 heterocycles. The fraction of sp³-hybridized carbons (Fsp3) is 0. The highest BCUT2D eigenvalue weighted by Gasteiger charge is 2.09. The molecule has 0 saturated heterocycles. The van der Waals surface area contributed by atoms with Gasteiger partial charge in [-0.3, -0.25) is 5.10 Å². The molecule has 0 aromatic carbocycles. The normalized spacial score (nSPS) is 10.7. The number of hydrogen-bond acceptors (Lipinski definition) is 6. The minimum absolute atomic E-state index is 0.547. The SMILES string of the molecule is c1cnc2c(-c3c[nH]nn3)ncnc2n1. The second kappa shape index (κ2) is 3.05. The molecule has 0 amide bonds. The predicted octanol–water partition coefficient (Wildman–Crippen LogP) is 0.205. The Bertz CT molecular complexity index is 584. The van der Waals surface area contributed by atoms with Gasteiger partial charge >= 0.3 is 0 Å². The maximum Gasteiger partial charge on any atom is 0.181 e. The lowest BCUT2D eigenvalue weighted by Gasteiger charge is -1.98. The molecule has 3 aromatic rings. The molecule has 3 aromatic heterocycles. The third-order valence-electron chi connectivity index (χ3n) is 1.93. The van der Waals surface area contributed by atoms with Crippen molar-refractivity contribution < 1.29 is 0 Å². The standard InChI is InChI=1S/C8H5N7/c1-2-10-8-7(9-1)6(11-4-12-8)5-3-13-15-14-5/h1-4H,(H,13,14,15). The lowest BCUT2D eigenvalue weighted by atomic mass is 10.3. The lowest BCUT2D eigenvalue weighted by molar-refractivity contribution is 0.940. The Morgan fingerprint density at radius 3 is 2.80 bits per heavy atom. The molecule has 0 fully saturated rings. The number of hydrogen-bond donors (Lipinski definition) is 1. The van der Waals surface area contributed by atoms with Gasteiger partial charge in [0.05, 0.1) is 6.20 Å². The zero-order chi connectivity index (χ0) is 10.1. The van der Waals surface area contributed by atoms with E-state index in [2.05, 4.69) is 35.3 Å². The quantitative estimate of drug-likeness (QED) is 0.601. The Morgan fingerprint density at radius 1 is 1.00 bits per heavy atom. The van der Waals surface area contributed by atoms with Crippen LogP contribution in [0.15, 0.2) is 24.9 Å². The fourth-order valence-electron chi connectivity index (χ4n) is 1.30. The molecule has 0 atom stereocenters. The van der Waals surface area contributed by atoms with E-state index in [4.69, 9.17) is 0 Å². The highest BCUT2D eigenvalue weighted by molar-refractivity contribution is 5.84. The van der Waals surface area contributed by atoms with E-state index < -0.39 is 0 Å². The third-order valence-corrected chi connectivity index (χ3v) is 1.93. The molecule has 15 heavy (non-hydrogen) atoms. The minimum Gasteiger partial charge on any atom is -0.265 e. The van der Waals surface area contributed by atoms with Crippen LogP contribution < -0.4 is 0 Å². The van der Waals surface area contributed by atoms with Crippen molar-refractivity contribution in [2.24, 2.45) is 0 Å². The van der Waals surface area contributed by atoms with Crippen molar-refractivity contribution in [2.45, 2.75) is 0 Å². The van der Waals surface area contributed by atoms with Gasteiger partial charge in [0.25, 0.3) is 0 Å². The summed E-state index contributed by atoms with van der Waals surface area (Å²) in [6, 6.07) is 0. The summed E-state index contributed by atoms with van der Waals surface area (Å²) < 4.78 is 0. The van der Waals surface area contributed by atoms with Gasteiger partial charge in [-0.05, 0) is 0 Å². The Balaban J connectivity index is 2.36. The van der Waals surface area contributed by atoms with Gasteiger partial charge in [-0.1, -0.05) is 5.21 Å². The predicted molar refractivity (Wildman–Crippen MR) is 50.5 cm³/mol. The molecule has 72 valence electrons. The van der Waals surface area contributed by atoms with Crippen LogP contribution in [-0.4, -0.2) is 35.3 Å². The highest BCUT2D eigenvalue weighted by atomic mass is 15.3. The third kappa shape index (κ3) is 1.21. The molecule has 7 heteroatoms. The summed E-state index contributed by atoms with van der Waals surface area (Å²) in [7, 11) is 0. The number of aromatic amines is 1. The topological polar surface area (TPSA) is 93.1 Å². The smallest absolute Gasteiger partial charge is 0.181 e. The molecular weight excluding hydrogens is 194 g/mol. The van der Waals surface area contributed by atoms with Crippen LogP contribution in [0.5, 0.6) is 0 Å². The van der Waals surface area contributed by atoms with E-state index in [1.165, 1.54) is 6.33 Å². The Labute approximate surface area is 83.6 Å². The zero-order valence-electron chi connectivity index (χ0n) is 7.49. The number of H-pyrrole nitrogens is 1. The van der Waals surface area contributed by atoms with Crippen molar-refractivity contribution in [3.8, 4) is 11.4 Å². The van der Waals surface area contributed by atoms with E-state index in [0.717, 1.165) is 0 Å². The molecule has 0 aliphatic rings. The molecule has 0 spiro atoms. The van der Waals surface area contributed by atoms with Crippen molar-refractivity contribution in [2.75, 3.05) is 0 Å². The van der Waals surface area contributed by atoms with Crippen LogP contribution in [0, 0.1) is 0 Å². The molecule has 1 N–H and O–H groups in total. The Morgan fingerprint density at radius 2 is 1.93 bits per heavy atom. The molecule has 0 unspecified atom stereocenters. The van der Waals surface area contributed by atoms with Crippen molar-refractivity contribution >= 4 is 11.2 Å². The highest BCUT2D eigenvalue weighted by Crippen LogP contribution is 2.18. The summed E-state index contributed by atoms with van der Waals surface area (Å²) in [5.74, 6) is 0. The van der Waals surface area contributed by atoms with Crippen molar-refractivity contribution in [3.63, 3.8) is 0 Å². The van der Waals surface area contributed by atoms with E-state index in [0.29, 0.717) is 22.6 Å². The maximum atomic E-state index is 4.17. The summed E-state index contributed by atoms with van der Waals surface area (Å²) in [5.41, 5.74) is 2.42. The van der Waals surface area contributed by atoms with Crippen LogP contribution in [0.2, 0.25) is 0 Å². The van der Waals surface area contributed by atoms with Crippen LogP contribution >= 0.6 is 0 Å². The monoisotopic (exact) mass is 199 g/mol. The van der Waals surface area contributed by atoms with E-state index in [9.17, 15) is 0 Å². The van der Waals surface area contributed by atoms with Gasteiger partial charge < -0.3 is 0 Å². The van der Waals surface area contributed by atoms with Gasteiger partial charge in [0.2, 0.25) is 0 Å². The summed E-state index contributed by atoms with van der Waals surface area (Å²) in [5, 5.41) is 10.1. The van der Waals surface area contributed by atoms with Crippen LogP contribution in [0.3, 0.4) is 0 Å². The van der Waals surface area contributed by atoms with Gasteiger partial charge in [0.15, 0.2) is 5.65 Å². The van der Waals surface area contributed by atoms with E-state index in [-0.39, 0.29) is 0 Å². The first-order valence-corrected chi connectivity index (χ1v) is 4.24. The van der Waals surface area contributed by atoms with E-state index >= 15 is 0 Å². The molecule has 0 saturated carbocycles. The molecule has 3 rings (SSSR count). The van der Waals surface area contributed by atoms with Crippen LogP contribution in [0.4, 0.5) is 0 Å². The lowest BCUT2D eigenvalue weighted by Crippen LogP contribution is -1.93. The molecule has 0 aliphatic carbocycles. The summed E-state index contributed by atoms with van der Waals surface area (Å²) in [6.07, 6.45) is 6.26. The van der Waals surface area contributed by atoms with Gasteiger partial charge in [-0.2, -0.15) is 0 Å².